The topological polar surface area (TPSA) is 67.4 Å². The molecule has 1 N–H and O–H groups in total. The first-order valence-electron chi connectivity index (χ1n) is 10.4. The van der Waals surface area contributed by atoms with Crippen LogP contribution in [0.5, 0.6) is 0 Å². The quantitative estimate of drug-likeness (QED) is 0.795. The van der Waals surface area contributed by atoms with Crippen molar-refractivity contribution in [3.05, 3.63) is 53.9 Å². The highest BCUT2D eigenvalue weighted by Gasteiger charge is 2.39. The van der Waals surface area contributed by atoms with Crippen molar-refractivity contribution in [3.8, 4) is 0 Å². The molecule has 166 valence electrons. The highest BCUT2D eigenvalue weighted by atomic mass is 19.4. The summed E-state index contributed by atoms with van der Waals surface area (Å²) in [5.41, 5.74) is -0.701. The van der Waals surface area contributed by atoms with Crippen molar-refractivity contribution in [2.24, 2.45) is 5.41 Å². The first-order valence-corrected chi connectivity index (χ1v) is 10.4. The second-order valence-corrected chi connectivity index (χ2v) is 8.30. The minimum atomic E-state index is -4.47. The predicted octanol–water partition coefficient (Wildman–Crippen LogP) is 3.69. The van der Waals surface area contributed by atoms with Crippen LogP contribution in [0, 0.1) is 5.41 Å². The van der Waals surface area contributed by atoms with E-state index in [1.54, 1.807) is 18.5 Å². The van der Waals surface area contributed by atoms with Crippen LogP contribution in [0.25, 0.3) is 0 Å². The fourth-order valence-electron chi connectivity index (χ4n) is 4.25. The number of nitrogens with zero attached hydrogens (tertiary/aromatic N) is 3. The Balaban J connectivity index is 1.24. The van der Waals surface area contributed by atoms with Gasteiger partial charge in [0.15, 0.2) is 0 Å². The Bertz CT molecular complexity index is 889. The van der Waals surface area contributed by atoms with E-state index in [0.29, 0.717) is 6.61 Å². The molecule has 6 nitrogen and oxygen atoms in total. The highest BCUT2D eigenvalue weighted by molar-refractivity contribution is 5.94. The number of ether oxygens (including phenoxy) is 1. The summed E-state index contributed by atoms with van der Waals surface area (Å²) in [7, 11) is 0. The molecule has 0 saturated carbocycles. The third-order valence-electron chi connectivity index (χ3n) is 6.22. The molecule has 3 heterocycles. The molecule has 0 aliphatic carbocycles. The van der Waals surface area contributed by atoms with Gasteiger partial charge in [0.05, 0.1) is 18.3 Å². The van der Waals surface area contributed by atoms with Gasteiger partial charge in [-0.05, 0) is 55.4 Å². The largest absolute Gasteiger partial charge is 0.416 e. The maximum Gasteiger partial charge on any atom is 0.416 e. The van der Waals surface area contributed by atoms with Crippen LogP contribution >= 0.6 is 0 Å². The van der Waals surface area contributed by atoms with E-state index in [1.807, 2.05) is 0 Å². The molecule has 1 unspecified atom stereocenters. The van der Waals surface area contributed by atoms with E-state index in [9.17, 15) is 18.0 Å². The van der Waals surface area contributed by atoms with Crippen molar-refractivity contribution in [2.45, 2.75) is 38.0 Å². The van der Waals surface area contributed by atoms with Gasteiger partial charge in [0.1, 0.15) is 0 Å². The smallest absolute Gasteiger partial charge is 0.376 e. The Labute approximate surface area is 178 Å². The van der Waals surface area contributed by atoms with Crippen molar-refractivity contribution >= 4 is 11.9 Å². The number of alkyl halides is 3. The molecule has 9 heteroatoms. The van der Waals surface area contributed by atoms with E-state index >= 15 is 0 Å². The molecule has 2 aromatic rings. The zero-order valence-electron chi connectivity index (χ0n) is 17.1. The number of rotatable bonds is 4. The number of piperidine rings is 1. The molecule has 2 aliphatic rings. The van der Waals surface area contributed by atoms with Crippen LogP contribution in [0.15, 0.2) is 42.7 Å². The number of halogens is 3. The second-order valence-electron chi connectivity index (χ2n) is 8.30. The Kier molecular flexibility index (Phi) is 6.13. The van der Waals surface area contributed by atoms with Gasteiger partial charge >= 0.3 is 6.18 Å². The monoisotopic (exact) mass is 434 g/mol. The number of benzene rings is 1. The van der Waals surface area contributed by atoms with Gasteiger partial charge in [-0.1, -0.05) is 6.07 Å². The predicted molar refractivity (Wildman–Crippen MR) is 109 cm³/mol. The van der Waals surface area contributed by atoms with E-state index in [2.05, 4.69) is 20.2 Å². The highest BCUT2D eigenvalue weighted by Crippen LogP contribution is 2.41. The fourth-order valence-corrected chi connectivity index (χ4v) is 4.25. The Morgan fingerprint density at radius 1 is 1.16 bits per heavy atom. The molecule has 31 heavy (non-hydrogen) atoms. The maximum atomic E-state index is 12.8. The molecular weight excluding hydrogens is 409 g/mol. The van der Waals surface area contributed by atoms with Gasteiger partial charge in [-0.3, -0.25) is 4.79 Å². The first-order chi connectivity index (χ1) is 14.8. The third kappa shape index (κ3) is 5.15. The number of amides is 1. The average Bonchev–Trinajstić information content (AvgIpc) is 2.79. The standard InChI is InChI=1S/C22H25F3N4O2/c23-22(24,25)17-4-1-3-16(13-17)19(30)28-14-18-5-6-21(15-31-18)7-11-29(12-8-21)20-26-9-2-10-27-20/h1-4,9-10,13,18H,5-8,11-12,14-15H2,(H,28,30). The van der Waals surface area contributed by atoms with Gasteiger partial charge in [0.25, 0.3) is 5.91 Å². The lowest BCUT2D eigenvalue weighted by Crippen LogP contribution is -2.48. The number of anilines is 1. The number of carbonyl (C=O) groups is 1. The number of hydrogen-bond donors (Lipinski definition) is 1. The number of nitrogens with one attached hydrogen (secondary N) is 1. The maximum absolute atomic E-state index is 12.8. The van der Waals surface area contributed by atoms with Crippen molar-refractivity contribution in [1.82, 2.24) is 15.3 Å². The summed E-state index contributed by atoms with van der Waals surface area (Å²) in [6.07, 6.45) is 2.69. The molecule has 0 radical (unpaired) electrons. The van der Waals surface area contributed by atoms with Gasteiger partial charge < -0.3 is 15.0 Å². The minimum Gasteiger partial charge on any atom is -0.376 e. The molecule has 2 fully saturated rings. The number of carbonyl (C=O) groups excluding carboxylic acids is 1. The summed E-state index contributed by atoms with van der Waals surface area (Å²) in [4.78, 5) is 23.1. The molecule has 0 bridgehead atoms. The molecule has 1 aromatic carbocycles. The summed E-state index contributed by atoms with van der Waals surface area (Å²) in [6, 6.07) is 6.25. The molecule has 2 aliphatic heterocycles. The van der Waals surface area contributed by atoms with Gasteiger partial charge in [0, 0.05) is 37.6 Å². The average molecular weight is 434 g/mol. The van der Waals surface area contributed by atoms with Gasteiger partial charge in [-0.25, -0.2) is 9.97 Å². The molecule has 1 spiro atoms. The second kappa shape index (κ2) is 8.82. The van der Waals surface area contributed by atoms with Gasteiger partial charge in [-0.2, -0.15) is 13.2 Å². The lowest BCUT2D eigenvalue weighted by molar-refractivity contribution is -0.137. The van der Waals surface area contributed by atoms with E-state index < -0.39 is 17.6 Å². The molecule has 1 amide bonds. The summed E-state index contributed by atoms with van der Waals surface area (Å²) >= 11 is 0. The fraction of sp³-hybridized carbons (Fsp3) is 0.500. The van der Waals surface area contributed by atoms with Crippen LogP contribution in [0.2, 0.25) is 0 Å². The number of aromatic nitrogens is 2. The zero-order chi connectivity index (χ0) is 21.9. The summed E-state index contributed by atoms with van der Waals surface area (Å²) in [5, 5.41) is 2.71. The van der Waals surface area contributed by atoms with Crippen LogP contribution in [0.1, 0.15) is 41.6 Å². The van der Waals surface area contributed by atoms with Crippen molar-refractivity contribution in [3.63, 3.8) is 0 Å². The van der Waals surface area contributed by atoms with Crippen molar-refractivity contribution in [2.75, 3.05) is 31.1 Å². The lowest BCUT2D eigenvalue weighted by Gasteiger charge is -2.45. The van der Waals surface area contributed by atoms with Crippen LogP contribution in [0.3, 0.4) is 0 Å². The summed E-state index contributed by atoms with van der Waals surface area (Å²) < 4.78 is 44.6. The van der Waals surface area contributed by atoms with Crippen LogP contribution in [0.4, 0.5) is 19.1 Å². The van der Waals surface area contributed by atoms with Crippen LogP contribution in [-0.2, 0) is 10.9 Å². The van der Waals surface area contributed by atoms with Crippen molar-refractivity contribution in [1.29, 1.82) is 0 Å². The SMILES string of the molecule is O=C(NCC1CCC2(CCN(c3ncccn3)CC2)CO1)c1cccc(C(F)(F)F)c1. The van der Waals surface area contributed by atoms with E-state index in [0.717, 1.165) is 56.9 Å². The Morgan fingerprint density at radius 3 is 2.55 bits per heavy atom. The molecule has 1 aromatic heterocycles. The van der Waals surface area contributed by atoms with E-state index in [-0.39, 0.29) is 23.6 Å². The lowest BCUT2D eigenvalue weighted by atomic mass is 9.73. The Morgan fingerprint density at radius 2 is 1.90 bits per heavy atom. The van der Waals surface area contributed by atoms with Gasteiger partial charge in [-0.15, -0.1) is 0 Å². The van der Waals surface area contributed by atoms with E-state index in [1.165, 1.54) is 12.1 Å². The van der Waals surface area contributed by atoms with Crippen LogP contribution < -0.4 is 10.2 Å². The summed E-state index contributed by atoms with van der Waals surface area (Å²) in [5.74, 6) is 0.232. The third-order valence-corrected chi connectivity index (χ3v) is 6.22. The zero-order valence-corrected chi connectivity index (χ0v) is 17.1. The molecule has 1 atom stereocenters. The van der Waals surface area contributed by atoms with E-state index in [4.69, 9.17) is 4.74 Å². The van der Waals surface area contributed by atoms with Crippen LogP contribution in [-0.4, -0.2) is 48.2 Å². The normalized spacial score (nSPS) is 21.1. The Hall–Kier alpha value is -2.68. The first kappa shape index (κ1) is 21.5. The number of hydrogen-bond acceptors (Lipinski definition) is 5. The van der Waals surface area contributed by atoms with Crippen molar-refractivity contribution < 1.29 is 22.7 Å². The molecule has 2 saturated heterocycles. The molecular formula is C22H25F3N4O2. The summed E-state index contributed by atoms with van der Waals surface area (Å²) in [6.45, 7) is 2.67. The minimum absolute atomic E-state index is 0.00222. The molecule has 4 rings (SSSR count). The van der Waals surface area contributed by atoms with Gasteiger partial charge in [0.2, 0.25) is 5.95 Å².